The van der Waals surface area contributed by atoms with Crippen molar-refractivity contribution in [2.24, 2.45) is 5.92 Å². The summed E-state index contributed by atoms with van der Waals surface area (Å²) in [4.78, 5) is 12.7. The zero-order valence-electron chi connectivity index (χ0n) is 21.5. The first-order valence-corrected chi connectivity index (χ1v) is 13.3. The zero-order valence-corrected chi connectivity index (χ0v) is 21.5. The number of aliphatic hydroxyl groups excluding tert-OH is 1. The molecular weight excluding hydrogens is 500 g/mol. The monoisotopic (exact) mass is 534 g/mol. The Balaban J connectivity index is 1.35. The first-order valence-electron chi connectivity index (χ1n) is 13.3. The molecule has 0 spiro atoms. The highest BCUT2D eigenvalue weighted by molar-refractivity contribution is 5.90. The van der Waals surface area contributed by atoms with Crippen molar-refractivity contribution in [2.45, 2.75) is 82.3 Å². The molecule has 2 aliphatic rings. The molecule has 8 heteroatoms. The summed E-state index contributed by atoms with van der Waals surface area (Å²) in [6.45, 7) is 5.29. The summed E-state index contributed by atoms with van der Waals surface area (Å²) < 4.78 is 69.4. The van der Waals surface area contributed by atoms with Crippen molar-refractivity contribution in [3.63, 3.8) is 0 Å². The van der Waals surface area contributed by atoms with Crippen LogP contribution in [0.1, 0.15) is 91.6 Å². The number of hydrogen-bond acceptors (Lipinski definition) is 4. The lowest BCUT2D eigenvalue weighted by molar-refractivity contribution is 0.0188. The van der Waals surface area contributed by atoms with E-state index in [1.165, 1.54) is 30.3 Å². The van der Waals surface area contributed by atoms with Gasteiger partial charge in [0.05, 0.1) is 11.7 Å². The van der Waals surface area contributed by atoms with E-state index in [1.807, 2.05) is 0 Å². The third kappa shape index (κ3) is 6.06. The number of ether oxygens (including phenoxy) is 2. The van der Waals surface area contributed by atoms with Gasteiger partial charge in [0.2, 0.25) is 5.82 Å². The third-order valence-electron chi connectivity index (χ3n) is 8.05. The molecule has 0 heterocycles. The van der Waals surface area contributed by atoms with Crippen molar-refractivity contribution in [1.82, 2.24) is 0 Å². The van der Waals surface area contributed by atoms with Crippen LogP contribution in [0, 0.1) is 29.2 Å². The van der Waals surface area contributed by atoms with Crippen LogP contribution in [-0.4, -0.2) is 29.9 Å². The fourth-order valence-electron chi connectivity index (χ4n) is 5.78. The minimum atomic E-state index is -1.21. The normalized spacial score (nSPS) is 24.5. The van der Waals surface area contributed by atoms with E-state index in [-0.39, 0.29) is 41.2 Å². The zero-order chi connectivity index (χ0) is 27.4. The van der Waals surface area contributed by atoms with Gasteiger partial charge in [0, 0.05) is 0 Å². The summed E-state index contributed by atoms with van der Waals surface area (Å²) in [5.74, 6) is -5.61. The van der Waals surface area contributed by atoms with Gasteiger partial charge in [0.1, 0.15) is 12.7 Å². The first kappa shape index (κ1) is 28.1. The molecule has 1 unspecified atom stereocenters. The summed E-state index contributed by atoms with van der Waals surface area (Å²) in [6, 6.07) is 5.63. The van der Waals surface area contributed by atoms with Gasteiger partial charge < -0.3 is 14.6 Å². The number of aliphatic hydroxyl groups is 1. The highest BCUT2D eigenvalue weighted by atomic mass is 19.2. The molecule has 0 aromatic heterocycles. The van der Waals surface area contributed by atoms with E-state index in [2.05, 4.69) is 6.58 Å². The molecule has 1 N–H and O–H groups in total. The SMILES string of the molecule is C=CCOc1ccc(C2CCC(OC(=O)c3ccc(C4CCC(C(C)O)CC4)c(F)c3F)CC2)c(F)c1F. The molecule has 2 aromatic rings. The summed E-state index contributed by atoms with van der Waals surface area (Å²) in [7, 11) is 0. The highest BCUT2D eigenvalue weighted by Crippen LogP contribution is 2.40. The third-order valence-corrected chi connectivity index (χ3v) is 8.05. The number of rotatable bonds is 8. The van der Waals surface area contributed by atoms with Gasteiger partial charge in [-0.1, -0.05) is 24.8 Å². The molecule has 0 radical (unpaired) electrons. The molecule has 2 fully saturated rings. The summed E-state index contributed by atoms with van der Waals surface area (Å²) in [5, 5.41) is 9.77. The smallest absolute Gasteiger partial charge is 0.341 e. The second-order valence-corrected chi connectivity index (χ2v) is 10.4. The summed E-state index contributed by atoms with van der Waals surface area (Å²) in [6.07, 6.45) is 4.93. The quantitative estimate of drug-likeness (QED) is 0.219. The van der Waals surface area contributed by atoms with E-state index in [9.17, 15) is 27.5 Å². The first-order chi connectivity index (χ1) is 18.2. The molecule has 38 heavy (non-hydrogen) atoms. The molecule has 4 nitrogen and oxygen atoms in total. The standard InChI is InChI=1S/C30H34F4O4/c1-3-16-37-25-15-14-23(27(32)29(25)34)20-8-10-21(11-9-20)38-30(36)24-13-12-22(26(31)28(24)33)19-6-4-18(5-7-19)17(2)35/h3,12-15,17-21,35H,1,4-11,16H2,2H3. The van der Waals surface area contributed by atoms with Crippen LogP contribution < -0.4 is 4.74 Å². The Labute approximate surface area is 220 Å². The van der Waals surface area contributed by atoms with E-state index in [1.54, 1.807) is 6.92 Å². The van der Waals surface area contributed by atoms with Gasteiger partial charge in [-0.15, -0.1) is 0 Å². The minimum absolute atomic E-state index is 0.0599. The number of hydrogen-bond donors (Lipinski definition) is 1. The lowest BCUT2D eigenvalue weighted by Crippen LogP contribution is -2.25. The van der Waals surface area contributed by atoms with Crippen molar-refractivity contribution < 1.29 is 36.9 Å². The predicted octanol–water partition coefficient (Wildman–Crippen LogP) is 7.35. The van der Waals surface area contributed by atoms with Gasteiger partial charge in [-0.05, 0) is 99.3 Å². The number of carbonyl (C=O) groups excluding carboxylic acids is 1. The van der Waals surface area contributed by atoms with Crippen molar-refractivity contribution in [3.8, 4) is 5.75 Å². The maximum atomic E-state index is 14.9. The average Bonchev–Trinajstić information content (AvgIpc) is 2.91. The number of esters is 1. The van der Waals surface area contributed by atoms with Crippen LogP contribution in [0.15, 0.2) is 36.9 Å². The van der Waals surface area contributed by atoms with Crippen LogP contribution in [0.25, 0.3) is 0 Å². The van der Waals surface area contributed by atoms with Crippen LogP contribution in [0.2, 0.25) is 0 Å². The number of benzene rings is 2. The maximum absolute atomic E-state index is 14.9. The highest BCUT2D eigenvalue weighted by Gasteiger charge is 2.32. The van der Waals surface area contributed by atoms with Crippen LogP contribution in [0.3, 0.4) is 0 Å². The van der Waals surface area contributed by atoms with Crippen LogP contribution in [-0.2, 0) is 4.74 Å². The van der Waals surface area contributed by atoms with Crippen molar-refractivity contribution >= 4 is 5.97 Å². The Hall–Kier alpha value is -2.87. The lowest BCUT2D eigenvalue weighted by atomic mass is 9.76. The fourth-order valence-corrected chi connectivity index (χ4v) is 5.78. The molecule has 4 rings (SSSR count). The second kappa shape index (κ2) is 12.3. The van der Waals surface area contributed by atoms with Gasteiger partial charge in [0.15, 0.2) is 23.2 Å². The lowest BCUT2D eigenvalue weighted by Gasteiger charge is -2.31. The molecule has 0 saturated heterocycles. The molecule has 2 aromatic carbocycles. The van der Waals surface area contributed by atoms with E-state index >= 15 is 0 Å². The van der Waals surface area contributed by atoms with Gasteiger partial charge in [-0.3, -0.25) is 0 Å². The Bertz CT molecular complexity index is 1150. The summed E-state index contributed by atoms with van der Waals surface area (Å²) >= 11 is 0. The molecule has 1 atom stereocenters. The van der Waals surface area contributed by atoms with Gasteiger partial charge in [-0.25, -0.2) is 18.0 Å². The molecule has 0 amide bonds. The topological polar surface area (TPSA) is 55.8 Å². The second-order valence-electron chi connectivity index (χ2n) is 10.4. The fraction of sp³-hybridized carbons (Fsp3) is 0.500. The minimum Gasteiger partial charge on any atom is -0.486 e. The van der Waals surface area contributed by atoms with E-state index in [4.69, 9.17) is 9.47 Å². The molecule has 2 saturated carbocycles. The van der Waals surface area contributed by atoms with Crippen molar-refractivity contribution in [2.75, 3.05) is 6.61 Å². The largest absolute Gasteiger partial charge is 0.486 e. The Morgan fingerprint density at radius 1 is 0.895 bits per heavy atom. The predicted molar refractivity (Wildman–Crippen MR) is 135 cm³/mol. The number of halogens is 4. The maximum Gasteiger partial charge on any atom is 0.341 e. The van der Waals surface area contributed by atoms with Gasteiger partial charge in [0.25, 0.3) is 0 Å². The van der Waals surface area contributed by atoms with Gasteiger partial charge in [-0.2, -0.15) is 4.39 Å². The molecule has 2 aliphatic carbocycles. The Morgan fingerprint density at radius 3 is 2.03 bits per heavy atom. The Morgan fingerprint density at radius 2 is 1.45 bits per heavy atom. The summed E-state index contributed by atoms with van der Waals surface area (Å²) in [5.41, 5.74) is 0.0393. The van der Waals surface area contributed by atoms with Crippen molar-refractivity contribution in [1.29, 1.82) is 0 Å². The van der Waals surface area contributed by atoms with E-state index < -0.39 is 47.0 Å². The van der Waals surface area contributed by atoms with Crippen LogP contribution in [0.4, 0.5) is 17.6 Å². The molecule has 206 valence electrons. The number of carbonyl (C=O) groups is 1. The molecular formula is C30H34F4O4. The van der Waals surface area contributed by atoms with E-state index in [0.29, 0.717) is 38.5 Å². The average molecular weight is 535 g/mol. The van der Waals surface area contributed by atoms with Gasteiger partial charge >= 0.3 is 5.97 Å². The Kier molecular flexibility index (Phi) is 9.13. The van der Waals surface area contributed by atoms with Crippen molar-refractivity contribution in [3.05, 3.63) is 76.9 Å². The molecule has 0 bridgehead atoms. The van der Waals surface area contributed by atoms with Crippen LogP contribution >= 0.6 is 0 Å². The molecule has 0 aliphatic heterocycles. The van der Waals surface area contributed by atoms with Crippen LogP contribution in [0.5, 0.6) is 5.75 Å². The van der Waals surface area contributed by atoms with E-state index in [0.717, 1.165) is 12.8 Å².